The van der Waals surface area contributed by atoms with Crippen molar-refractivity contribution in [3.05, 3.63) is 59.2 Å². The van der Waals surface area contributed by atoms with E-state index in [-0.39, 0.29) is 5.91 Å². The van der Waals surface area contributed by atoms with Crippen LogP contribution in [0.5, 0.6) is 0 Å². The topological polar surface area (TPSA) is 67.4 Å². The molecule has 0 aliphatic carbocycles. The van der Waals surface area contributed by atoms with Crippen molar-refractivity contribution >= 4 is 23.3 Å². The maximum Gasteiger partial charge on any atom is 0.339 e. The third kappa shape index (κ3) is 4.85. The van der Waals surface area contributed by atoms with Crippen LogP contribution in [0.1, 0.15) is 41.8 Å². The molecule has 0 heterocycles. The Labute approximate surface area is 154 Å². The second-order valence-electron chi connectivity index (χ2n) is 5.92. The summed E-state index contributed by atoms with van der Waals surface area (Å²) in [5.41, 5.74) is 4.44. The average Bonchev–Trinajstić information content (AvgIpc) is 2.67. The molecule has 2 N–H and O–H groups in total. The summed E-state index contributed by atoms with van der Waals surface area (Å²) in [5.74, 6) is -0.621. The van der Waals surface area contributed by atoms with Gasteiger partial charge >= 0.3 is 5.97 Å². The Morgan fingerprint density at radius 1 is 0.962 bits per heavy atom. The summed E-state index contributed by atoms with van der Waals surface area (Å²) in [7, 11) is 1.32. The highest BCUT2D eigenvalue weighted by molar-refractivity contribution is 6.01. The van der Waals surface area contributed by atoms with Gasteiger partial charge in [-0.25, -0.2) is 4.79 Å². The molecule has 0 saturated carbocycles. The number of carbonyl (C=O) groups is 2. The molecule has 0 aliphatic rings. The monoisotopic (exact) mass is 354 g/mol. The zero-order valence-corrected chi connectivity index (χ0v) is 15.6. The summed E-state index contributed by atoms with van der Waals surface area (Å²) < 4.78 is 4.75. The minimum absolute atomic E-state index is 0.152. The van der Waals surface area contributed by atoms with Gasteiger partial charge in [0.15, 0.2) is 0 Å². The second kappa shape index (κ2) is 9.61. The van der Waals surface area contributed by atoms with Crippen molar-refractivity contribution < 1.29 is 14.3 Å². The van der Waals surface area contributed by atoms with Crippen molar-refractivity contribution in [2.45, 2.75) is 33.1 Å². The Kier molecular flexibility index (Phi) is 7.21. The van der Waals surface area contributed by atoms with Gasteiger partial charge in [0.05, 0.1) is 18.4 Å². The first kappa shape index (κ1) is 19.5. The number of anilines is 2. The summed E-state index contributed by atoms with van der Waals surface area (Å²) in [6, 6.07) is 13.1. The number of aryl methyl sites for hydroxylation is 2. The summed E-state index contributed by atoms with van der Waals surface area (Å²) in [4.78, 5) is 24.0. The molecule has 138 valence electrons. The van der Waals surface area contributed by atoms with Gasteiger partial charge in [-0.2, -0.15) is 0 Å². The molecule has 2 aromatic rings. The van der Waals surface area contributed by atoms with Crippen molar-refractivity contribution in [3.63, 3.8) is 0 Å². The fraction of sp³-hybridized carbons (Fsp3) is 0.333. The lowest BCUT2D eigenvalue weighted by Gasteiger charge is -2.15. The van der Waals surface area contributed by atoms with Crippen molar-refractivity contribution in [3.8, 4) is 0 Å². The van der Waals surface area contributed by atoms with Crippen molar-refractivity contribution in [1.29, 1.82) is 0 Å². The highest BCUT2D eigenvalue weighted by Crippen LogP contribution is 2.22. The minimum atomic E-state index is -0.469. The Morgan fingerprint density at radius 2 is 1.62 bits per heavy atom. The number of hydrogen-bond donors (Lipinski definition) is 2. The highest BCUT2D eigenvalue weighted by atomic mass is 16.5. The summed E-state index contributed by atoms with van der Waals surface area (Å²) >= 11 is 0. The summed E-state index contributed by atoms with van der Waals surface area (Å²) in [5, 5.41) is 6.19. The molecule has 0 unspecified atom stereocenters. The van der Waals surface area contributed by atoms with Crippen LogP contribution in [0.15, 0.2) is 42.5 Å². The fourth-order valence-electron chi connectivity index (χ4n) is 2.86. The molecule has 0 aliphatic heterocycles. The Morgan fingerprint density at radius 3 is 2.23 bits per heavy atom. The smallest absolute Gasteiger partial charge is 0.339 e. The van der Waals surface area contributed by atoms with Crippen LogP contribution in [0.3, 0.4) is 0 Å². The van der Waals surface area contributed by atoms with E-state index in [0.717, 1.165) is 18.5 Å². The molecule has 1 amide bonds. The second-order valence-corrected chi connectivity index (χ2v) is 5.92. The van der Waals surface area contributed by atoms with E-state index >= 15 is 0 Å². The average molecular weight is 354 g/mol. The van der Waals surface area contributed by atoms with E-state index in [1.807, 2.05) is 0 Å². The molecule has 0 fully saturated rings. The van der Waals surface area contributed by atoms with E-state index < -0.39 is 5.97 Å². The number of para-hydroxylation sites is 2. The standard InChI is InChI=1S/C21H26N2O3/c1-4-15-9-8-10-16(5-2)20(15)22-14-13-19(24)23-18-12-7-6-11-17(18)21(25)26-3/h6-12,22H,4-5,13-14H2,1-3H3,(H,23,24). The number of ether oxygens (including phenoxy) is 1. The Balaban J connectivity index is 1.98. The van der Waals surface area contributed by atoms with E-state index in [4.69, 9.17) is 4.74 Å². The van der Waals surface area contributed by atoms with Crippen LogP contribution in [-0.2, 0) is 22.4 Å². The van der Waals surface area contributed by atoms with Gasteiger partial charge in [-0.3, -0.25) is 4.79 Å². The summed E-state index contributed by atoms with van der Waals surface area (Å²) in [6.45, 7) is 4.77. The lowest BCUT2D eigenvalue weighted by molar-refractivity contribution is -0.115. The first-order valence-corrected chi connectivity index (χ1v) is 8.92. The number of hydrogen-bond acceptors (Lipinski definition) is 4. The third-order valence-electron chi connectivity index (χ3n) is 4.26. The minimum Gasteiger partial charge on any atom is -0.465 e. The van der Waals surface area contributed by atoms with Crippen LogP contribution in [0.25, 0.3) is 0 Å². The summed E-state index contributed by atoms with van der Waals surface area (Å²) in [6.07, 6.45) is 2.18. The van der Waals surface area contributed by atoms with Crippen LogP contribution in [0.2, 0.25) is 0 Å². The molecule has 0 saturated heterocycles. The molecule has 0 aromatic heterocycles. The van der Waals surface area contributed by atoms with Crippen molar-refractivity contribution in [2.24, 2.45) is 0 Å². The number of rotatable bonds is 8. The number of methoxy groups -OCH3 is 1. The van der Waals surface area contributed by atoms with Gasteiger partial charge in [-0.1, -0.05) is 44.2 Å². The van der Waals surface area contributed by atoms with Crippen LogP contribution in [0.4, 0.5) is 11.4 Å². The first-order valence-electron chi connectivity index (χ1n) is 8.92. The number of amides is 1. The number of esters is 1. The molecule has 0 atom stereocenters. The van der Waals surface area contributed by atoms with Gasteiger partial charge in [0.25, 0.3) is 0 Å². The van der Waals surface area contributed by atoms with E-state index in [9.17, 15) is 9.59 Å². The molecule has 2 aromatic carbocycles. The molecule has 5 heteroatoms. The SMILES string of the molecule is CCc1cccc(CC)c1NCCC(=O)Nc1ccccc1C(=O)OC. The molecule has 2 rings (SSSR count). The van der Waals surface area contributed by atoms with E-state index in [1.54, 1.807) is 24.3 Å². The third-order valence-corrected chi connectivity index (χ3v) is 4.26. The van der Waals surface area contributed by atoms with E-state index in [2.05, 4.69) is 42.7 Å². The molecule has 5 nitrogen and oxygen atoms in total. The Bertz CT molecular complexity index is 749. The lowest BCUT2D eigenvalue weighted by atomic mass is 10.0. The zero-order valence-electron chi connectivity index (χ0n) is 15.6. The molecular formula is C21H26N2O3. The normalized spacial score (nSPS) is 10.3. The van der Waals surface area contributed by atoms with Crippen LogP contribution >= 0.6 is 0 Å². The maximum atomic E-state index is 12.3. The Hall–Kier alpha value is -2.82. The fourth-order valence-corrected chi connectivity index (χ4v) is 2.86. The van der Waals surface area contributed by atoms with E-state index in [0.29, 0.717) is 24.2 Å². The van der Waals surface area contributed by atoms with Crippen LogP contribution < -0.4 is 10.6 Å². The van der Waals surface area contributed by atoms with Crippen LogP contribution in [-0.4, -0.2) is 25.5 Å². The molecule has 0 spiro atoms. The molecular weight excluding hydrogens is 328 g/mol. The first-order chi connectivity index (χ1) is 12.6. The molecule has 0 radical (unpaired) electrons. The number of carbonyl (C=O) groups excluding carboxylic acids is 2. The van der Waals surface area contributed by atoms with Crippen molar-refractivity contribution in [2.75, 3.05) is 24.3 Å². The maximum absolute atomic E-state index is 12.3. The van der Waals surface area contributed by atoms with Crippen LogP contribution in [0, 0.1) is 0 Å². The van der Waals surface area contributed by atoms with Gasteiger partial charge in [0.2, 0.25) is 5.91 Å². The van der Waals surface area contributed by atoms with Gasteiger partial charge < -0.3 is 15.4 Å². The predicted octanol–water partition coefficient (Wildman–Crippen LogP) is 4.04. The van der Waals surface area contributed by atoms with Gasteiger partial charge in [0, 0.05) is 18.7 Å². The van der Waals surface area contributed by atoms with Gasteiger partial charge in [0.1, 0.15) is 0 Å². The lowest BCUT2D eigenvalue weighted by Crippen LogP contribution is -2.19. The largest absolute Gasteiger partial charge is 0.465 e. The van der Waals surface area contributed by atoms with E-state index in [1.165, 1.54) is 18.2 Å². The van der Waals surface area contributed by atoms with Gasteiger partial charge in [-0.05, 0) is 36.1 Å². The highest BCUT2D eigenvalue weighted by Gasteiger charge is 2.13. The number of nitrogens with one attached hydrogen (secondary N) is 2. The molecule has 26 heavy (non-hydrogen) atoms. The quantitative estimate of drug-likeness (QED) is 0.702. The predicted molar refractivity (Wildman–Crippen MR) is 105 cm³/mol. The number of benzene rings is 2. The van der Waals surface area contributed by atoms with Gasteiger partial charge in [-0.15, -0.1) is 0 Å². The molecule has 0 bridgehead atoms. The van der Waals surface area contributed by atoms with Crippen molar-refractivity contribution in [1.82, 2.24) is 0 Å². The zero-order chi connectivity index (χ0) is 18.9.